The Morgan fingerprint density at radius 3 is 2.24 bits per heavy atom. The smallest absolute Gasteiger partial charge is 0.228 e. The van der Waals surface area contributed by atoms with Crippen LogP contribution in [-0.4, -0.2) is 42.9 Å². The monoisotopic (exact) mass is 393 g/mol. The molecule has 1 saturated heterocycles. The Balaban J connectivity index is 1.46. The maximum absolute atomic E-state index is 12.3. The largest absolute Gasteiger partial charge is 0.368 e. The summed E-state index contributed by atoms with van der Waals surface area (Å²) in [7, 11) is 0. The normalized spacial score (nSPS) is 14.0. The van der Waals surface area contributed by atoms with Gasteiger partial charge in [0.05, 0.1) is 6.42 Å². The van der Waals surface area contributed by atoms with Gasteiger partial charge in [0, 0.05) is 44.0 Å². The second-order valence-corrected chi connectivity index (χ2v) is 7.58. The zero-order valence-electron chi connectivity index (χ0n) is 17.3. The number of amides is 2. The molecule has 1 fully saturated rings. The first-order chi connectivity index (χ1) is 14.2. The van der Waals surface area contributed by atoms with Crippen LogP contribution < -0.4 is 10.2 Å². The van der Waals surface area contributed by atoms with Crippen molar-refractivity contribution in [3.05, 3.63) is 60.2 Å². The standard InChI is InChI=1S/C24H31N3O2/c1-2-3-5-10-24(29)27-17-15-26(16-18-27)22-13-11-21(12-14-22)25-23(28)19-20-8-6-4-7-9-20/h4,6-9,11-14H,2-3,5,10,15-19H2,1H3,(H,25,28). The minimum atomic E-state index is -0.0147. The summed E-state index contributed by atoms with van der Waals surface area (Å²) in [5.41, 5.74) is 2.94. The zero-order chi connectivity index (χ0) is 20.5. The summed E-state index contributed by atoms with van der Waals surface area (Å²) in [5.74, 6) is 0.272. The van der Waals surface area contributed by atoms with Crippen molar-refractivity contribution < 1.29 is 9.59 Å². The fraction of sp³-hybridized carbons (Fsp3) is 0.417. The lowest BCUT2D eigenvalue weighted by Crippen LogP contribution is -2.48. The maximum Gasteiger partial charge on any atom is 0.228 e. The lowest BCUT2D eigenvalue weighted by atomic mass is 10.1. The fourth-order valence-corrected chi connectivity index (χ4v) is 3.64. The van der Waals surface area contributed by atoms with Crippen LogP contribution in [0.25, 0.3) is 0 Å². The first-order valence-electron chi connectivity index (χ1n) is 10.6. The van der Waals surface area contributed by atoms with Crippen LogP contribution in [0.15, 0.2) is 54.6 Å². The molecule has 0 atom stereocenters. The van der Waals surface area contributed by atoms with Gasteiger partial charge in [0.15, 0.2) is 0 Å². The molecule has 3 rings (SSSR count). The Labute approximate surface area is 173 Å². The van der Waals surface area contributed by atoms with Gasteiger partial charge in [-0.15, -0.1) is 0 Å². The zero-order valence-corrected chi connectivity index (χ0v) is 17.3. The molecule has 0 aliphatic carbocycles. The molecule has 1 aliphatic rings. The number of piperazine rings is 1. The molecule has 2 aromatic rings. The van der Waals surface area contributed by atoms with Crippen molar-refractivity contribution in [2.24, 2.45) is 0 Å². The van der Waals surface area contributed by atoms with Crippen LogP contribution in [0.2, 0.25) is 0 Å². The summed E-state index contributed by atoms with van der Waals surface area (Å²) in [6, 6.07) is 17.7. The molecule has 2 aromatic carbocycles. The molecule has 5 heteroatoms. The number of anilines is 2. The molecule has 154 valence electrons. The van der Waals surface area contributed by atoms with Crippen molar-refractivity contribution in [1.29, 1.82) is 0 Å². The number of rotatable bonds is 8. The summed E-state index contributed by atoms with van der Waals surface area (Å²) in [4.78, 5) is 28.8. The second kappa shape index (κ2) is 10.6. The van der Waals surface area contributed by atoms with Gasteiger partial charge in [-0.2, -0.15) is 0 Å². The molecular weight excluding hydrogens is 362 g/mol. The number of carbonyl (C=O) groups excluding carboxylic acids is 2. The molecule has 29 heavy (non-hydrogen) atoms. The molecule has 0 saturated carbocycles. The van der Waals surface area contributed by atoms with E-state index in [0.29, 0.717) is 12.8 Å². The van der Waals surface area contributed by atoms with Crippen molar-refractivity contribution in [1.82, 2.24) is 4.90 Å². The Morgan fingerprint density at radius 1 is 0.897 bits per heavy atom. The van der Waals surface area contributed by atoms with Crippen molar-refractivity contribution in [2.75, 3.05) is 36.4 Å². The van der Waals surface area contributed by atoms with Crippen molar-refractivity contribution in [3.8, 4) is 0 Å². The van der Waals surface area contributed by atoms with Gasteiger partial charge in [-0.05, 0) is 36.2 Å². The van der Waals surface area contributed by atoms with Crippen molar-refractivity contribution >= 4 is 23.2 Å². The average Bonchev–Trinajstić information content (AvgIpc) is 2.75. The Bertz CT molecular complexity index is 782. The summed E-state index contributed by atoms with van der Waals surface area (Å²) in [6.45, 7) is 5.41. The predicted molar refractivity (Wildman–Crippen MR) is 118 cm³/mol. The molecule has 1 heterocycles. The van der Waals surface area contributed by atoms with Crippen LogP contribution in [0.5, 0.6) is 0 Å². The summed E-state index contributed by atoms with van der Waals surface area (Å²) >= 11 is 0. The van der Waals surface area contributed by atoms with Gasteiger partial charge in [-0.3, -0.25) is 9.59 Å². The highest BCUT2D eigenvalue weighted by molar-refractivity contribution is 5.92. The van der Waals surface area contributed by atoms with Crippen LogP contribution >= 0.6 is 0 Å². The summed E-state index contributed by atoms with van der Waals surface area (Å²) < 4.78 is 0. The molecule has 2 amide bonds. The van der Waals surface area contributed by atoms with Gasteiger partial charge in [0.2, 0.25) is 11.8 Å². The number of hydrogen-bond acceptors (Lipinski definition) is 3. The third-order valence-corrected chi connectivity index (χ3v) is 5.35. The van der Waals surface area contributed by atoms with Crippen molar-refractivity contribution in [3.63, 3.8) is 0 Å². The second-order valence-electron chi connectivity index (χ2n) is 7.58. The minimum Gasteiger partial charge on any atom is -0.368 e. The molecule has 0 unspecified atom stereocenters. The topological polar surface area (TPSA) is 52.7 Å². The van der Waals surface area contributed by atoms with E-state index >= 15 is 0 Å². The van der Waals surface area contributed by atoms with E-state index in [1.807, 2.05) is 59.5 Å². The van der Waals surface area contributed by atoms with E-state index in [0.717, 1.165) is 62.4 Å². The molecule has 5 nitrogen and oxygen atoms in total. The molecule has 0 spiro atoms. The highest BCUT2D eigenvalue weighted by Gasteiger charge is 2.20. The molecule has 0 radical (unpaired) electrons. The minimum absolute atomic E-state index is 0.0147. The third-order valence-electron chi connectivity index (χ3n) is 5.35. The Hall–Kier alpha value is -2.82. The van der Waals surface area contributed by atoms with E-state index in [1.165, 1.54) is 0 Å². The predicted octanol–water partition coefficient (Wildman–Crippen LogP) is 4.10. The quantitative estimate of drug-likeness (QED) is 0.687. The molecule has 0 bridgehead atoms. The van der Waals surface area contributed by atoms with Gasteiger partial charge in [0.25, 0.3) is 0 Å². The van der Waals surface area contributed by atoms with Crippen molar-refractivity contribution in [2.45, 2.75) is 39.0 Å². The van der Waals surface area contributed by atoms with Crippen LogP contribution in [0.3, 0.4) is 0 Å². The van der Waals surface area contributed by atoms with E-state index in [2.05, 4.69) is 17.1 Å². The fourth-order valence-electron chi connectivity index (χ4n) is 3.64. The number of nitrogens with zero attached hydrogens (tertiary/aromatic N) is 2. The summed E-state index contributed by atoms with van der Waals surface area (Å²) in [6.07, 6.45) is 4.30. The van der Waals surface area contributed by atoms with E-state index in [-0.39, 0.29) is 11.8 Å². The van der Waals surface area contributed by atoms with Gasteiger partial charge < -0.3 is 15.1 Å². The number of carbonyl (C=O) groups is 2. The first kappa shape index (κ1) is 20.9. The van der Waals surface area contributed by atoms with Crippen LogP contribution in [0.1, 0.15) is 38.2 Å². The van der Waals surface area contributed by atoms with Gasteiger partial charge in [-0.1, -0.05) is 50.1 Å². The highest BCUT2D eigenvalue weighted by Crippen LogP contribution is 2.20. The van der Waals surface area contributed by atoms with E-state index < -0.39 is 0 Å². The lowest BCUT2D eigenvalue weighted by molar-refractivity contribution is -0.131. The van der Waals surface area contributed by atoms with Gasteiger partial charge in [-0.25, -0.2) is 0 Å². The van der Waals surface area contributed by atoms with E-state index in [9.17, 15) is 9.59 Å². The third kappa shape index (κ3) is 6.34. The molecular formula is C24H31N3O2. The van der Waals surface area contributed by atoms with E-state index in [1.54, 1.807) is 0 Å². The molecule has 1 aliphatic heterocycles. The maximum atomic E-state index is 12.3. The number of hydrogen-bond donors (Lipinski definition) is 1. The van der Waals surface area contributed by atoms with E-state index in [4.69, 9.17) is 0 Å². The highest BCUT2D eigenvalue weighted by atomic mass is 16.2. The van der Waals surface area contributed by atoms with Crippen LogP contribution in [0, 0.1) is 0 Å². The average molecular weight is 394 g/mol. The Morgan fingerprint density at radius 2 is 1.59 bits per heavy atom. The molecule has 0 aromatic heterocycles. The Kier molecular flexibility index (Phi) is 7.68. The number of unbranched alkanes of at least 4 members (excludes halogenated alkanes) is 2. The van der Waals surface area contributed by atoms with Gasteiger partial charge >= 0.3 is 0 Å². The number of benzene rings is 2. The number of nitrogens with one attached hydrogen (secondary N) is 1. The lowest BCUT2D eigenvalue weighted by Gasteiger charge is -2.36. The molecule has 1 N–H and O–H groups in total. The van der Waals surface area contributed by atoms with Gasteiger partial charge in [0.1, 0.15) is 0 Å². The SMILES string of the molecule is CCCCCC(=O)N1CCN(c2ccc(NC(=O)Cc3ccccc3)cc2)CC1. The van der Waals surface area contributed by atoms with Crippen LogP contribution in [0.4, 0.5) is 11.4 Å². The summed E-state index contributed by atoms with van der Waals surface area (Å²) in [5, 5.41) is 2.96. The first-order valence-corrected chi connectivity index (χ1v) is 10.6. The van der Waals surface area contributed by atoms with Crippen LogP contribution in [-0.2, 0) is 16.0 Å².